The van der Waals surface area contributed by atoms with Crippen molar-refractivity contribution in [3.63, 3.8) is 0 Å². The number of carboxylic acids is 1. The van der Waals surface area contributed by atoms with E-state index in [4.69, 9.17) is 27.9 Å². The van der Waals surface area contributed by atoms with Crippen LogP contribution in [0.3, 0.4) is 0 Å². The predicted octanol–water partition coefficient (Wildman–Crippen LogP) is 6.00. The number of carboxylic acid groups (broad SMARTS) is 1. The number of nitrogens with zero attached hydrogens (tertiary/aromatic N) is 1. The van der Waals surface area contributed by atoms with E-state index in [-0.39, 0.29) is 11.5 Å². The number of rotatable bonds is 7. The Balaban J connectivity index is 1.40. The lowest BCUT2D eigenvalue weighted by atomic mass is 9.98. The lowest BCUT2D eigenvalue weighted by Gasteiger charge is -2.33. The van der Waals surface area contributed by atoms with E-state index in [2.05, 4.69) is 4.90 Å². The summed E-state index contributed by atoms with van der Waals surface area (Å²) in [7, 11) is 0. The first kappa shape index (κ1) is 21.4. The summed E-state index contributed by atoms with van der Waals surface area (Å²) in [6, 6.07) is 8.28. The Labute approximate surface area is 185 Å². The highest BCUT2D eigenvalue weighted by Gasteiger charge is 2.30. The minimum atomic E-state index is -1.25. The van der Waals surface area contributed by atoms with Gasteiger partial charge in [0.1, 0.15) is 11.6 Å². The van der Waals surface area contributed by atoms with Gasteiger partial charge in [0.2, 0.25) is 0 Å². The third kappa shape index (κ3) is 5.26. The number of halogens is 3. The summed E-state index contributed by atoms with van der Waals surface area (Å²) >= 11 is 12.2. The van der Waals surface area contributed by atoms with E-state index < -0.39 is 11.8 Å². The molecule has 30 heavy (non-hydrogen) atoms. The van der Waals surface area contributed by atoms with Crippen LogP contribution in [0.1, 0.15) is 53.1 Å². The summed E-state index contributed by atoms with van der Waals surface area (Å²) < 4.78 is 20.2. The fourth-order valence-electron chi connectivity index (χ4n) is 4.17. The van der Waals surface area contributed by atoms with Crippen molar-refractivity contribution >= 4 is 29.2 Å². The molecule has 0 spiro atoms. The van der Waals surface area contributed by atoms with E-state index in [1.165, 1.54) is 12.1 Å². The van der Waals surface area contributed by atoms with Crippen LogP contribution < -0.4 is 4.74 Å². The van der Waals surface area contributed by atoms with Gasteiger partial charge in [0.05, 0.1) is 12.2 Å². The average molecular weight is 452 g/mol. The molecule has 1 heterocycles. The topological polar surface area (TPSA) is 49.8 Å². The molecule has 1 aliphatic carbocycles. The van der Waals surface area contributed by atoms with Crippen molar-refractivity contribution in [1.82, 2.24) is 4.90 Å². The van der Waals surface area contributed by atoms with Crippen LogP contribution in [0.15, 0.2) is 30.3 Å². The fourth-order valence-corrected chi connectivity index (χ4v) is 4.74. The van der Waals surface area contributed by atoms with Crippen molar-refractivity contribution in [2.24, 2.45) is 5.92 Å². The van der Waals surface area contributed by atoms with Gasteiger partial charge in [0.25, 0.3) is 0 Å². The van der Waals surface area contributed by atoms with Gasteiger partial charge in [-0.25, -0.2) is 9.18 Å². The molecule has 4 rings (SSSR count). The molecular formula is C23H24Cl2FNO3. The number of hydrogen-bond acceptors (Lipinski definition) is 3. The number of ether oxygens (including phenoxy) is 1. The first-order chi connectivity index (χ1) is 14.4. The molecule has 4 nitrogen and oxygen atoms in total. The van der Waals surface area contributed by atoms with E-state index in [1.807, 2.05) is 12.1 Å². The Morgan fingerprint density at radius 3 is 2.53 bits per heavy atom. The number of aromatic carboxylic acids is 1. The maximum atomic E-state index is 14.2. The quantitative estimate of drug-likeness (QED) is 0.560. The third-order valence-electron chi connectivity index (χ3n) is 5.75. The van der Waals surface area contributed by atoms with Crippen molar-refractivity contribution in [2.45, 2.75) is 38.1 Å². The summed E-state index contributed by atoms with van der Waals surface area (Å²) in [5.41, 5.74) is 1.61. The monoisotopic (exact) mass is 451 g/mol. The molecule has 1 saturated heterocycles. The Bertz CT molecular complexity index is 928. The van der Waals surface area contributed by atoms with Crippen LogP contribution in [0.5, 0.6) is 5.75 Å². The van der Waals surface area contributed by atoms with Gasteiger partial charge in [0.15, 0.2) is 0 Å². The van der Waals surface area contributed by atoms with E-state index in [0.29, 0.717) is 28.3 Å². The molecule has 2 fully saturated rings. The van der Waals surface area contributed by atoms with Crippen molar-refractivity contribution in [3.05, 3.63) is 62.9 Å². The molecule has 2 aromatic rings. The largest absolute Gasteiger partial charge is 0.493 e. The lowest BCUT2D eigenvalue weighted by molar-refractivity contribution is 0.0691. The van der Waals surface area contributed by atoms with Crippen LogP contribution in [-0.2, 0) is 6.54 Å². The van der Waals surface area contributed by atoms with Crippen LogP contribution in [0.25, 0.3) is 0 Å². The molecule has 7 heteroatoms. The minimum absolute atomic E-state index is 0.272. The van der Waals surface area contributed by atoms with Crippen LogP contribution in [0.2, 0.25) is 10.0 Å². The van der Waals surface area contributed by atoms with E-state index in [0.717, 1.165) is 56.4 Å². The molecular weight excluding hydrogens is 428 g/mol. The Morgan fingerprint density at radius 1 is 1.13 bits per heavy atom. The van der Waals surface area contributed by atoms with Gasteiger partial charge in [-0.2, -0.15) is 0 Å². The number of hydrogen-bond donors (Lipinski definition) is 1. The van der Waals surface area contributed by atoms with Gasteiger partial charge < -0.3 is 9.84 Å². The third-order valence-corrected chi connectivity index (χ3v) is 6.19. The van der Waals surface area contributed by atoms with E-state index >= 15 is 0 Å². The second-order valence-corrected chi connectivity index (χ2v) is 9.15. The van der Waals surface area contributed by atoms with Crippen molar-refractivity contribution in [1.29, 1.82) is 0 Å². The number of likely N-dealkylation sites (tertiary alicyclic amines) is 1. The van der Waals surface area contributed by atoms with Crippen molar-refractivity contribution in [3.8, 4) is 5.75 Å². The summed E-state index contributed by atoms with van der Waals surface area (Å²) in [6.07, 6.45) is 4.08. The number of piperidine rings is 1. The van der Waals surface area contributed by atoms with Crippen LogP contribution in [0, 0.1) is 11.7 Å². The predicted molar refractivity (Wildman–Crippen MR) is 115 cm³/mol. The normalized spacial score (nSPS) is 19.6. The molecule has 1 aliphatic heterocycles. The standard InChI is InChI=1S/C23H24Cl2FNO3/c24-17-6-15(7-18(25)8-17)12-27-5-1-2-14(11-27)13-30-22-10-21(26)20(23(28)29)9-19(22)16-3-4-16/h6-10,14,16H,1-5,11-13H2,(H,28,29)/t14-/m1/s1. The van der Waals surface area contributed by atoms with Gasteiger partial charge in [-0.15, -0.1) is 0 Å². The molecule has 160 valence electrons. The van der Waals surface area contributed by atoms with Gasteiger partial charge >= 0.3 is 5.97 Å². The summed E-state index contributed by atoms with van der Waals surface area (Å²) in [5, 5.41) is 10.5. The molecule has 0 amide bonds. The lowest BCUT2D eigenvalue weighted by Crippen LogP contribution is -2.37. The van der Waals surface area contributed by atoms with Crippen LogP contribution in [-0.4, -0.2) is 35.7 Å². The zero-order chi connectivity index (χ0) is 21.3. The van der Waals surface area contributed by atoms with Crippen molar-refractivity contribution < 1.29 is 19.0 Å². The van der Waals surface area contributed by atoms with Crippen molar-refractivity contribution in [2.75, 3.05) is 19.7 Å². The molecule has 1 saturated carbocycles. The van der Waals surface area contributed by atoms with E-state index in [9.17, 15) is 14.3 Å². The van der Waals surface area contributed by atoms with Gasteiger partial charge in [-0.3, -0.25) is 4.90 Å². The average Bonchev–Trinajstić information content (AvgIpc) is 3.50. The first-order valence-corrected chi connectivity index (χ1v) is 11.0. The van der Waals surface area contributed by atoms with Gasteiger partial charge in [-0.05, 0) is 73.5 Å². The summed E-state index contributed by atoms with van der Waals surface area (Å²) in [4.78, 5) is 13.6. The number of carbonyl (C=O) groups is 1. The zero-order valence-electron chi connectivity index (χ0n) is 16.5. The number of benzene rings is 2. The SMILES string of the molecule is O=C(O)c1cc(C2CC2)c(OC[C@@H]2CCCN(Cc3cc(Cl)cc(Cl)c3)C2)cc1F. The van der Waals surface area contributed by atoms with E-state index in [1.54, 1.807) is 6.07 Å². The highest BCUT2D eigenvalue weighted by Crippen LogP contribution is 2.45. The molecule has 2 aromatic carbocycles. The second-order valence-electron chi connectivity index (χ2n) is 8.28. The Hall–Kier alpha value is -1.82. The maximum absolute atomic E-state index is 14.2. The molecule has 1 atom stereocenters. The molecule has 0 unspecified atom stereocenters. The van der Waals surface area contributed by atoms with Gasteiger partial charge in [-0.1, -0.05) is 23.2 Å². The minimum Gasteiger partial charge on any atom is -0.493 e. The highest BCUT2D eigenvalue weighted by molar-refractivity contribution is 6.34. The molecule has 1 N–H and O–H groups in total. The fraction of sp³-hybridized carbons (Fsp3) is 0.435. The Kier molecular flexibility index (Phi) is 6.51. The second kappa shape index (κ2) is 9.13. The zero-order valence-corrected chi connectivity index (χ0v) is 18.1. The van der Waals surface area contributed by atoms with Crippen LogP contribution >= 0.6 is 23.2 Å². The molecule has 0 bridgehead atoms. The van der Waals surface area contributed by atoms with Crippen LogP contribution in [0.4, 0.5) is 4.39 Å². The Morgan fingerprint density at radius 2 is 1.87 bits per heavy atom. The van der Waals surface area contributed by atoms with Gasteiger partial charge in [0, 0.05) is 35.1 Å². The highest BCUT2D eigenvalue weighted by atomic mass is 35.5. The summed E-state index contributed by atoms with van der Waals surface area (Å²) in [6.45, 7) is 3.12. The maximum Gasteiger partial charge on any atom is 0.338 e. The molecule has 0 radical (unpaired) electrons. The first-order valence-electron chi connectivity index (χ1n) is 10.3. The summed E-state index contributed by atoms with van der Waals surface area (Å²) in [5.74, 6) is -0.912. The molecule has 2 aliphatic rings. The molecule has 0 aromatic heterocycles. The smallest absolute Gasteiger partial charge is 0.338 e.